The highest BCUT2D eigenvalue weighted by atomic mass is 32.2. The highest BCUT2D eigenvalue weighted by molar-refractivity contribution is 7.93. The molecule has 0 saturated heterocycles. The summed E-state index contributed by atoms with van der Waals surface area (Å²) in [6.45, 7) is 2.07. The molecule has 8 heteroatoms. The number of aromatic hydroxyl groups is 1. The smallest absolute Gasteiger partial charge is 0.265 e. The molecular formula is C20H20N2O4S2. The molecule has 28 heavy (non-hydrogen) atoms. The van der Waals surface area contributed by atoms with Crippen LogP contribution in [0.25, 0.3) is 0 Å². The van der Waals surface area contributed by atoms with Crippen LogP contribution in [0.5, 0.6) is 5.75 Å². The number of phenols is 1. The Labute approximate surface area is 168 Å². The fourth-order valence-corrected chi connectivity index (χ4v) is 5.12. The Morgan fingerprint density at radius 3 is 2.46 bits per heavy atom. The SMILES string of the molecule is Cc1ccc(NS(=O)(=O)c2ccsc2C(=O)N(C)Cc2ccccc2O)cc1. The van der Waals surface area contributed by atoms with Crippen LogP contribution in [-0.4, -0.2) is 31.4 Å². The van der Waals surface area contributed by atoms with Gasteiger partial charge in [-0.15, -0.1) is 11.3 Å². The lowest BCUT2D eigenvalue weighted by Gasteiger charge is -2.18. The number of rotatable bonds is 6. The third kappa shape index (κ3) is 4.35. The molecule has 0 aliphatic carbocycles. The molecule has 0 aliphatic heterocycles. The second kappa shape index (κ2) is 8.04. The zero-order chi connectivity index (χ0) is 20.3. The first-order valence-corrected chi connectivity index (χ1v) is 10.8. The quantitative estimate of drug-likeness (QED) is 0.639. The number of aryl methyl sites for hydroxylation is 1. The average molecular weight is 417 g/mol. The van der Waals surface area contributed by atoms with Gasteiger partial charge in [-0.3, -0.25) is 9.52 Å². The number of benzene rings is 2. The summed E-state index contributed by atoms with van der Waals surface area (Å²) in [5, 5.41) is 11.5. The Morgan fingerprint density at radius 2 is 1.79 bits per heavy atom. The molecule has 3 rings (SSSR count). The lowest BCUT2D eigenvalue weighted by molar-refractivity contribution is 0.0785. The fourth-order valence-electron chi connectivity index (χ4n) is 2.64. The second-order valence-corrected chi connectivity index (χ2v) is 8.94. The van der Waals surface area contributed by atoms with Crippen LogP contribution in [0.3, 0.4) is 0 Å². The molecule has 0 radical (unpaired) electrons. The molecule has 2 N–H and O–H groups in total. The molecular weight excluding hydrogens is 396 g/mol. The molecule has 6 nitrogen and oxygen atoms in total. The van der Waals surface area contributed by atoms with Crippen molar-refractivity contribution in [3.05, 3.63) is 76.0 Å². The third-order valence-corrected chi connectivity index (χ3v) is 6.62. The first-order valence-electron chi connectivity index (χ1n) is 8.47. The standard InChI is InChI=1S/C20H20N2O4S2/c1-14-7-9-16(10-8-14)21-28(25,26)18-11-12-27-19(18)20(24)22(2)13-15-5-3-4-6-17(15)23/h3-12,21,23H,13H2,1-2H3. The van der Waals surface area contributed by atoms with Crippen molar-refractivity contribution in [1.29, 1.82) is 0 Å². The van der Waals surface area contributed by atoms with E-state index in [-0.39, 0.29) is 22.1 Å². The van der Waals surface area contributed by atoms with E-state index >= 15 is 0 Å². The summed E-state index contributed by atoms with van der Waals surface area (Å²) in [5.41, 5.74) is 2.02. The number of sulfonamides is 1. The molecule has 0 atom stereocenters. The predicted octanol–water partition coefficient (Wildman–Crippen LogP) is 3.84. The lowest BCUT2D eigenvalue weighted by Crippen LogP contribution is -2.27. The molecule has 1 amide bonds. The molecule has 0 fully saturated rings. The maximum Gasteiger partial charge on any atom is 0.265 e. The molecule has 1 heterocycles. The van der Waals surface area contributed by atoms with Crippen LogP contribution < -0.4 is 4.72 Å². The van der Waals surface area contributed by atoms with Crippen LogP contribution in [0.2, 0.25) is 0 Å². The Hall–Kier alpha value is -2.84. The summed E-state index contributed by atoms with van der Waals surface area (Å²) in [5.74, 6) is -0.343. The van der Waals surface area contributed by atoms with Gasteiger partial charge in [0.2, 0.25) is 0 Å². The number of para-hydroxylation sites is 1. The number of hydrogen-bond donors (Lipinski definition) is 2. The maximum absolute atomic E-state index is 12.8. The van der Waals surface area contributed by atoms with Crippen LogP contribution in [0.1, 0.15) is 20.8 Å². The van der Waals surface area contributed by atoms with E-state index in [1.165, 1.54) is 11.0 Å². The van der Waals surface area contributed by atoms with Gasteiger partial charge in [0.05, 0.1) is 0 Å². The summed E-state index contributed by atoms with van der Waals surface area (Å²) in [6.07, 6.45) is 0. The molecule has 0 unspecified atom stereocenters. The largest absolute Gasteiger partial charge is 0.508 e. The molecule has 0 saturated carbocycles. The van der Waals surface area contributed by atoms with E-state index in [2.05, 4.69) is 4.72 Å². The van der Waals surface area contributed by atoms with Gasteiger partial charge in [0.25, 0.3) is 15.9 Å². The van der Waals surface area contributed by atoms with Crippen LogP contribution in [0, 0.1) is 6.92 Å². The molecule has 3 aromatic rings. The number of amides is 1. The summed E-state index contributed by atoms with van der Waals surface area (Å²) in [6, 6.07) is 15.1. The van der Waals surface area contributed by atoms with Crippen molar-refractivity contribution in [2.75, 3.05) is 11.8 Å². The Morgan fingerprint density at radius 1 is 1.11 bits per heavy atom. The van der Waals surface area contributed by atoms with E-state index < -0.39 is 15.9 Å². The monoisotopic (exact) mass is 416 g/mol. The minimum absolute atomic E-state index is 0.0628. The maximum atomic E-state index is 12.8. The minimum Gasteiger partial charge on any atom is -0.508 e. The normalized spacial score (nSPS) is 11.2. The van der Waals surface area contributed by atoms with Gasteiger partial charge in [-0.1, -0.05) is 35.9 Å². The van der Waals surface area contributed by atoms with Gasteiger partial charge < -0.3 is 10.0 Å². The predicted molar refractivity (Wildman–Crippen MR) is 110 cm³/mol. The Balaban J connectivity index is 1.83. The molecule has 0 bridgehead atoms. The average Bonchev–Trinajstić information content (AvgIpc) is 3.15. The summed E-state index contributed by atoms with van der Waals surface area (Å²) >= 11 is 1.07. The number of nitrogens with zero attached hydrogens (tertiary/aromatic N) is 1. The highest BCUT2D eigenvalue weighted by Crippen LogP contribution is 2.27. The van der Waals surface area contributed by atoms with Gasteiger partial charge in [-0.25, -0.2) is 8.42 Å². The van der Waals surface area contributed by atoms with Gasteiger partial charge in [-0.2, -0.15) is 0 Å². The van der Waals surface area contributed by atoms with E-state index in [1.807, 2.05) is 6.92 Å². The van der Waals surface area contributed by atoms with Crippen molar-refractivity contribution in [2.45, 2.75) is 18.4 Å². The number of phenolic OH excluding ortho intramolecular Hbond substituents is 1. The fraction of sp³-hybridized carbons (Fsp3) is 0.150. The van der Waals surface area contributed by atoms with Crippen molar-refractivity contribution in [3.8, 4) is 5.75 Å². The van der Waals surface area contributed by atoms with Crippen molar-refractivity contribution >= 4 is 33.0 Å². The minimum atomic E-state index is -3.91. The third-order valence-electron chi connectivity index (χ3n) is 4.16. The number of anilines is 1. The number of carbonyl (C=O) groups excluding carboxylic acids is 1. The highest BCUT2D eigenvalue weighted by Gasteiger charge is 2.26. The number of carbonyl (C=O) groups is 1. The van der Waals surface area contributed by atoms with Crippen molar-refractivity contribution in [1.82, 2.24) is 4.90 Å². The molecule has 2 aromatic carbocycles. The number of thiophene rings is 1. The van der Waals surface area contributed by atoms with Gasteiger partial charge in [0.15, 0.2) is 0 Å². The van der Waals surface area contributed by atoms with Gasteiger partial charge in [0, 0.05) is 24.8 Å². The van der Waals surface area contributed by atoms with Gasteiger partial charge in [-0.05, 0) is 36.6 Å². The van der Waals surface area contributed by atoms with Crippen LogP contribution in [0.15, 0.2) is 64.9 Å². The zero-order valence-corrected chi connectivity index (χ0v) is 17.0. The molecule has 0 spiro atoms. The van der Waals surface area contributed by atoms with Crippen molar-refractivity contribution in [2.24, 2.45) is 0 Å². The van der Waals surface area contributed by atoms with E-state index in [0.717, 1.165) is 16.9 Å². The first-order chi connectivity index (χ1) is 13.3. The van der Waals surface area contributed by atoms with Gasteiger partial charge >= 0.3 is 0 Å². The summed E-state index contributed by atoms with van der Waals surface area (Å²) < 4.78 is 28.1. The molecule has 1 aromatic heterocycles. The van der Waals surface area contributed by atoms with E-state index in [0.29, 0.717) is 11.3 Å². The van der Waals surface area contributed by atoms with Crippen LogP contribution in [-0.2, 0) is 16.6 Å². The van der Waals surface area contributed by atoms with Gasteiger partial charge in [0.1, 0.15) is 15.5 Å². The number of nitrogens with one attached hydrogen (secondary N) is 1. The molecule has 146 valence electrons. The number of hydrogen-bond acceptors (Lipinski definition) is 5. The Kier molecular flexibility index (Phi) is 5.71. The van der Waals surface area contributed by atoms with Crippen LogP contribution in [0.4, 0.5) is 5.69 Å². The van der Waals surface area contributed by atoms with Crippen molar-refractivity contribution in [3.63, 3.8) is 0 Å². The second-order valence-electron chi connectivity index (χ2n) is 6.38. The van der Waals surface area contributed by atoms with E-state index in [9.17, 15) is 18.3 Å². The topological polar surface area (TPSA) is 86.7 Å². The molecule has 0 aliphatic rings. The summed E-state index contributed by atoms with van der Waals surface area (Å²) in [7, 11) is -2.34. The Bertz CT molecular complexity index is 1090. The lowest BCUT2D eigenvalue weighted by atomic mass is 10.2. The van der Waals surface area contributed by atoms with E-state index in [4.69, 9.17) is 0 Å². The first kappa shape index (κ1) is 19.9. The van der Waals surface area contributed by atoms with Crippen LogP contribution >= 0.6 is 11.3 Å². The zero-order valence-electron chi connectivity index (χ0n) is 15.4. The summed E-state index contributed by atoms with van der Waals surface area (Å²) in [4.78, 5) is 14.3. The van der Waals surface area contributed by atoms with Crippen molar-refractivity contribution < 1.29 is 18.3 Å². The van der Waals surface area contributed by atoms with E-state index in [1.54, 1.807) is 61.0 Å².